The summed E-state index contributed by atoms with van der Waals surface area (Å²) >= 11 is 0. The molecule has 0 radical (unpaired) electrons. The van der Waals surface area contributed by atoms with E-state index in [9.17, 15) is 4.79 Å². The van der Waals surface area contributed by atoms with E-state index in [4.69, 9.17) is 5.11 Å². The van der Waals surface area contributed by atoms with Crippen LogP contribution in [0.3, 0.4) is 0 Å². The van der Waals surface area contributed by atoms with Gasteiger partial charge >= 0.3 is 5.97 Å². The minimum Gasteiger partial charge on any atom is -0.480 e. The Hall–Kier alpha value is -1.39. The molecule has 3 N–H and O–H groups in total. The average Bonchev–Trinajstić information content (AvgIpc) is 2.30. The fourth-order valence-corrected chi connectivity index (χ4v) is 1.39. The van der Waals surface area contributed by atoms with Crippen molar-refractivity contribution in [2.24, 2.45) is 0 Å². The van der Waals surface area contributed by atoms with Crippen molar-refractivity contribution >= 4 is 5.97 Å². The van der Waals surface area contributed by atoms with E-state index in [2.05, 4.69) is 23.0 Å². The summed E-state index contributed by atoms with van der Waals surface area (Å²) in [5, 5.41) is 8.79. The van der Waals surface area contributed by atoms with E-state index in [1.54, 1.807) is 0 Å². The average molecular weight is 222 g/mol. The molecule has 4 nitrogen and oxygen atoms in total. The van der Waals surface area contributed by atoms with Crippen molar-refractivity contribution in [3.8, 4) is 0 Å². The number of hydrazine groups is 1. The highest BCUT2D eigenvalue weighted by Crippen LogP contribution is 1.97. The van der Waals surface area contributed by atoms with Crippen LogP contribution in [0.2, 0.25) is 0 Å². The fraction of sp³-hybridized carbons (Fsp3) is 0.417. The molecule has 1 atom stereocenters. The van der Waals surface area contributed by atoms with E-state index in [0.717, 1.165) is 6.42 Å². The maximum absolute atomic E-state index is 10.7. The van der Waals surface area contributed by atoms with Crippen LogP contribution >= 0.6 is 0 Å². The standard InChI is InChI=1S/C12H18N2O2/c1-2-11(12(15)16)14-13-9-8-10-6-4-3-5-7-10/h3-7,11,13-14H,2,8-9H2,1H3,(H,15,16). The molecule has 0 aliphatic heterocycles. The maximum atomic E-state index is 10.7. The van der Waals surface area contributed by atoms with Gasteiger partial charge in [0.1, 0.15) is 6.04 Å². The molecular formula is C12H18N2O2. The van der Waals surface area contributed by atoms with E-state index in [1.807, 2.05) is 25.1 Å². The van der Waals surface area contributed by atoms with Gasteiger partial charge in [0.25, 0.3) is 0 Å². The molecular weight excluding hydrogens is 204 g/mol. The smallest absolute Gasteiger partial charge is 0.322 e. The minimum absolute atomic E-state index is 0.518. The molecule has 16 heavy (non-hydrogen) atoms. The van der Waals surface area contributed by atoms with E-state index in [1.165, 1.54) is 5.56 Å². The Morgan fingerprint density at radius 2 is 2.06 bits per heavy atom. The summed E-state index contributed by atoms with van der Waals surface area (Å²) in [6.07, 6.45) is 1.44. The summed E-state index contributed by atoms with van der Waals surface area (Å²) in [7, 11) is 0. The van der Waals surface area contributed by atoms with Crippen LogP contribution in [0.25, 0.3) is 0 Å². The topological polar surface area (TPSA) is 61.4 Å². The van der Waals surface area contributed by atoms with Crippen molar-refractivity contribution in [2.75, 3.05) is 6.54 Å². The monoisotopic (exact) mass is 222 g/mol. The highest BCUT2D eigenvalue weighted by Gasteiger charge is 2.12. The van der Waals surface area contributed by atoms with Crippen LogP contribution in [-0.4, -0.2) is 23.7 Å². The van der Waals surface area contributed by atoms with Crippen molar-refractivity contribution in [1.82, 2.24) is 10.9 Å². The molecule has 0 amide bonds. The Balaban J connectivity index is 2.19. The van der Waals surface area contributed by atoms with Crippen LogP contribution in [0.4, 0.5) is 0 Å². The molecule has 0 saturated heterocycles. The molecule has 0 saturated carbocycles. The van der Waals surface area contributed by atoms with Crippen LogP contribution in [0, 0.1) is 0 Å². The highest BCUT2D eigenvalue weighted by molar-refractivity contribution is 5.73. The predicted octanol–water partition coefficient (Wildman–Crippen LogP) is 1.19. The van der Waals surface area contributed by atoms with Gasteiger partial charge in [-0.15, -0.1) is 0 Å². The number of rotatable bonds is 7. The van der Waals surface area contributed by atoms with Gasteiger partial charge in [0.05, 0.1) is 0 Å². The quantitative estimate of drug-likeness (QED) is 0.479. The van der Waals surface area contributed by atoms with Gasteiger partial charge in [-0.3, -0.25) is 10.2 Å². The van der Waals surface area contributed by atoms with Gasteiger partial charge in [-0.05, 0) is 18.4 Å². The van der Waals surface area contributed by atoms with Crippen LogP contribution in [-0.2, 0) is 11.2 Å². The lowest BCUT2D eigenvalue weighted by atomic mass is 10.2. The molecule has 1 unspecified atom stereocenters. The molecule has 0 aliphatic rings. The summed E-state index contributed by atoms with van der Waals surface area (Å²) in [5.74, 6) is -0.824. The van der Waals surface area contributed by atoms with Crippen molar-refractivity contribution in [3.05, 3.63) is 35.9 Å². The first-order valence-corrected chi connectivity index (χ1v) is 5.49. The van der Waals surface area contributed by atoms with Gasteiger partial charge in [-0.1, -0.05) is 37.3 Å². The molecule has 0 aliphatic carbocycles. The van der Waals surface area contributed by atoms with E-state index >= 15 is 0 Å². The number of carboxylic acids is 1. The molecule has 1 rings (SSSR count). The molecule has 0 aromatic heterocycles. The zero-order valence-electron chi connectivity index (χ0n) is 9.44. The molecule has 88 valence electrons. The second-order valence-corrected chi connectivity index (χ2v) is 3.61. The number of aliphatic carboxylic acids is 1. The van der Waals surface area contributed by atoms with Gasteiger partial charge in [-0.25, -0.2) is 5.43 Å². The minimum atomic E-state index is -0.824. The number of hydrogen-bond donors (Lipinski definition) is 3. The van der Waals surface area contributed by atoms with Crippen LogP contribution < -0.4 is 10.9 Å². The number of hydrogen-bond acceptors (Lipinski definition) is 3. The summed E-state index contributed by atoms with van der Waals surface area (Å²) in [6, 6.07) is 9.55. The Bertz CT molecular complexity index is 314. The summed E-state index contributed by atoms with van der Waals surface area (Å²) in [5.41, 5.74) is 6.96. The lowest BCUT2D eigenvalue weighted by molar-refractivity contribution is -0.139. The number of carbonyl (C=O) groups is 1. The lowest BCUT2D eigenvalue weighted by Gasteiger charge is -2.13. The molecule has 0 bridgehead atoms. The largest absolute Gasteiger partial charge is 0.480 e. The Kier molecular flexibility index (Phi) is 5.53. The summed E-state index contributed by atoms with van der Waals surface area (Å²) in [4.78, 5) is 10.7. The first-order valence-electron chi connectivity index (χ1n) is 5.49. The zero-order valence-corrected chi connectivity index (χ0v) is 9.44. The fourth-order valence-electron chi connectivity index (χ4n) is 1.39. The van der Waals surface area contributed by atoms with Gasteiger partial charge in [0.2, 0.25) is 0 Å². The summed E-state index contributed by atoms with van der Waals surface area (Å²) < 4.78 is 0. The Labute approximate surface area is 95.6 Å². The zero-order chi connectivity index (χ0) is 11.8. The highest BCUT2D eigenvalue weighted by atomic mass is 16.4. The van der Waals surface area contributed by atoms with E-state index in [-0.39, 0.29) is 0 Å². The number of nitrogens with one attached hydrogen (secondary N) is 2. The third kappa shape index (κ3) is 4.42. The molecule has 1 aromatic carbocycles. The molecule has 0 spiro atoms. The number of carboxylic acid groups (broad SMARTS) is 1. The Morgan fingerprint density at radius 1 is 1.38 bits per heavy atom. The Morgan fingerprint density at radius 3 is 2.62 bits per heavy atom. The van der Waals surface area contributed by atoms with Crippen LogP contribution in [0.5, 0.6) is 0 Å². The van der Waals surface area contributed by atoms with Crippen LogP contribution in [0.1, 0.15) is 18.9 Å². The maximum Gasteiger partial charge on any atom is 0.322 e. The first kappa shape index (κ1) is 12.7. The molecule has 0 heterocycles. The molecule has 1 aromatic rings. The third-order valence-corrected chi connectivity index (χ3v) is 2.36. The van der Waals surface area contributed by atoms with Crippen molar-refractivity contribution in [3.63, 3.8) is 0 Å². The van der Waals surface area contributed by atoms with Crippen molar-refractivity contribution < 1.29 is 9.90 Å². The van der Waals surface area contributed by atoms with E-state index in [0.29, 0.717) is 13.0 Å². The predicted molar refractivity (Wildman–Crippen MR) is 63.0 cm³/mol. The SMILES string of the molecule is CCC(NNCCc1ccccc1)C(=O)O. The lowest BCUT2D eigenvalue weighted by Crippen LogP contribution is -2.45. The summed E-state index contributed by atoms with van der Waals surface area (Å²) in [6.45, 7) is 2.55. The van der Waals surface area contributed by atoms with Gasteiger partial charge in [0.15, 0.2) is 0 Å². The van der Waals surface area contributed by atoms with Crippen molar-refractivity contribution in [2.45, 2.75) is 25.8 Å². The van der Waals surface area contributed by atoms with Gasteiger partial charge in [0, 0.05) is 6.54 Å². The van der Waals surface area contributed by atoms with E-state index < -0.39 is 12.0 Å². The first-order chi connectivity index (χ1) is 7.74. The van der Waals surface area contributed by atoms with Crippen molar-refractivity contribution in [1.29, 1.82) is 0 Å². The second-order valence-electron chi connectivity index (χ2n) is 3.61. The third-order valence-electron chi connectivity index (χ3n) is 2.36. The molecule has 4 heteroatoms. The second kappa shape index (κ2) is 6.98. The molecule has 0 fully saturated rings. The van der Waals surface area contributed by atoms with Gasteiger partial charge in [-0.2, -0.15) is 0 Å². The number of benzene rings is 1. The van der Waals surface area contributed by atoms with Gasteiger partial charge < -0.3 is 5.11 Å². The normalized spacial score (nSPS) is 12.3. The van der Waals surface area contributed by atoms with Crippen LogP contribution in [0.15, 0.2) is 30.3 Å².